The summed E-state index contributed by atoms with van der Waals surface area (Å²) in [6, 6.07) is 0. The molecule has 0 unspecified atom stereocenters. The minimum absolute atomic E-state index is 0. The number of hydrogen-bond donors (Lipinski definition) is 0. The summed E-state index contributed by atoms with van der Waals surface area (Å²) in [5.74, 6) is 0. The molecule has 0 N–H and O–H groups in total. The molecule has 0 aliphatic carbocycles. The molecule has 1 aliphatic heterocycles. The van der Waals surface area contributed by atoms with Gasteiger partial charge in [0, 0.05) is 26.0 Å². The molecular formula is C8H19K3N2. The van der Waals surface area contributed by atoms with E-state index in [1.165, 1.54) is 19.4 Å². The predicted molar refractivity (Wildman–Crippen MR) is 64.8 cm³/mol. The SMILES string of the molecule is CCCCN1C=CN(C)C1.[KH].[KH].[KH]. The third kappa shape index (κ3) is 11.1. The van der Waals surface area contributed by atoms with Gasteiger partial charge in [-0.3, -0.25) is 0 Å². The fourth-order valence-electron chi connectivity index (χ4n) is 1.10. The van der Waals surface area contributed by atoms with Crippen molar-refractivity contribution in [2.24, 2.45) is 0 Å². The van der Waals surface area contributed by atoms with Gasteiger partial charge < -0.3 is 9.80 Å². The van der Waals surface area contributed by atoms with Crippen LogP contribution in [-0.4, -0.2) is 184 Å². The average molecular weight is 261 g/mol. The average Bonchev–Trinajstić information content (AvgIpc) is 2.31. The van der Waals surface area contributed by atoms with Crippen LogP contribution < -0.4 is 0 Å². The molecule has 1 heterocycles. The molecule has 0 spiro atoms. The van der Waals surface area contributed by atoms with Gasteiger partial charge in [0.05, 0.1) is 6.67 Å². The Balaban J connectivity index is -0.000000333. The van der Waals surface area contributed by atoms with Gasteiger partial charge in [0.1, 0.15) is 0 Å². The summed E-state index contributed by atoms with van der Waals surface area (Å²) in [5.41, 5.74) is 0. The number of nitrogens with zero attached hydrogens (tertiary/aromatic N) is 2. The first kappa shape index (κ1) is 22.4. The molecule has 0 radical (unpaired) electrons. The van der Waals surface area contributed by atoms with E-state index in [1.807, 2.05) is 0 Å². The third-order valence-corrected chi connectivity index (χ3v) is 1.74. The summed E-state index contributed by atoms with van der Waals surface area (Å²) in [5, 5.41) is 0. The Bertz CT molecular complexity index is 131. The van der Waals surface area contributed by atoms with E-state index in [0.717, 1.165) is 6.67 Å². The third-order valence-electron chi connectivity index (χ3n) is 1.74. The van der Waals surface area contributed by atoms with Gasteiger partial charge in [0.25, 0.3) is 0 Å². The molecular weight excluding hydrogens is 241 g/mol. The van der Waals surface area contributed by atoms with Crippen LogP contribution in [0.2, 0.25) is 0 Å². The maximum atomic E-state index is 2.34. The molecule has 0 bridgehead atoms. The summed E-state index contributed by atoms with van der Waals surface area (Å²) in [6.45, 7) is 4.50. The number of hydrogen-bond acceptors (Lipinski definition) is 2. The fraction of sp³-hybridized carbons (Fsp3) is 0.750. The zero-order chi connectivity index (χ0) is 7.40. The first-order valence-electron chi connectivity index (χ1n) is 3.95. The molecule has 0 fully saturated rings. The summed E-state index contributed by atoms with van der Waals surface area (Å²) in [4.78, 5) is 4.53. The van der Waals surface area contributed by atoms with Crippen LogP contribution in [0.3, 0.4) is 0 Å². The van der Waals surface area contributed by atoms with Crippen molar-refractivity contribution in [2.75, 3.05) is 20.3 Å². The van der Waals surface area contributed by atoms with Crippen molar-refractivity contribution in [1.82, 2.24) is 9.80 Å². The summed E-state index contributed by atoms with van der Waals surface area (Å²) in [7, 11) is 2.10. The predicted octanol–water partition coefficient (Wildman–Crippen LogP) is -0.483. The minimum atomic E-state index is 0. The maximum absolute atomic E-state index is 2.34. The number of unbranched alkanes of at least 4 members (excludes halogenated alkanes) is 1. The monoisotopic (exact) mass is 260 g/mol. The zero-order valence-electron chi connectivity index (χ0n) is 6.88. The Morgan fingerprint density at radius 3 is 2.15 bits per heavy atom. The standard InChI is InChI=1S/C8H16N2.3K.3H/c1-3-4-5-10-7-6-9(2)8-10;;;;;;/h6-7H,3-5,8H2,1-2H3;;;;;;. The Morgan fingerprint density at radius 1 is 1.15 bits per heavy atom. The van der Waals surface area contributed by atoms with Crippen molar-refractivity contribution in [3.63, 3.8) is 0 Å². The van der Waals surface area contributed by atoms with E-state index < -0.39 is 0 Å². The van der Waals surface area contributed by atoms with Gasteiger partial charge in [-0.15, -0.1) is 0 Å². The molecule has 0 saturated heterocycles. The van der Waals surface area contributed by atoms with Crippen molar-refractivity contribution in [2.45, 2.75) is 19.8 Å². The molecule has 13 heavy (non-hydrogen) atoms. The van der Waals surface area contributed by atoms with Crippen LogP contribution in [-0.2, 0) is 0 Å². The summed E-state index contributed by atoms with van der Waals surface area (Å²) in [6.07, 6.45) is 6.87. The van der Waals surface area contributed by atoms with Gasteiger partial charge >= 0.3 is 154 Å². The molecule has 2 nitrogen and oxygen atoms in total. The van der Waals surface area contributed by atoms with E-state index in [2.05, 4.69) is 36.2 Å². The second-order valence-corrected chi connectivity index (χ2v) is 2.86. The summed E-state index contributed by atoms with van der Waals surface area (Å²) < 4.78 is 0. The van der Waals surface area contributed by atoms with Gasteiger partial charge in [0.15, 0.2) is 0 Å². The normalized spacial score (nSPS) is 13.1. The van der Waals surface area contributed by atoms with E-state index in [4.69, 9.17) is 0 Å². The Morgan fingerprint density at radius 2 is 1.77 bits per heavy atom. The molecule has 0 atom stereocenters. The van der Waals surface area contributed by atoms with Gasteiger partial charge in [-0.25, -0.2) is 0 Å². The second kappa shape index (κ2) is 14.3. The second-order valence-electron chi connectivity index (χ2n) is 2.86. The molecule has 0 aromatic carbocycles. The molecule has 0 aromatic heterocycles. The number of rotatable bonds is 3. The molecule has 1 aliphatic rings. The van der Waals surface area contributed by atoms with Crippen molar-refractivity contribution in [3.05, 3.63) is 12.4 Å². The first-order chi connectivity index (χ1) is 4.83. The van der Waals surface area contributed by atoms with Crippen LogP contribution in [0, 0.1) is 0 Å². The van der Waals surface area contributed by atoms with Gasteiger partial charge in [0.2, 0.25) is 0 Å². The van der Waals surface area contributed by atoms with Crippen LogP contribution in [0.15, 0.2) is 12.4 Å². The van der Waals surface area contributed by atoms with Crippen molar-refractivity contribution in [1.29, 1.82) is 0 Å². The zero-order valence-corrected chi connectivity index (χ0v) is 6.88. The molecule has 0 amide bonds. The molecule has 64 valence electrons. The van der Waals surface area contributed by atoms with E-state index in [1.54, 1.807) is 0 Å². The quantitative estimate of drug-likeness (QED) is 0.633. The van der Waals surface area contributed by atoms with E-state index >= 15 is 0 Å². The topological polar surface area (TPSA) is 6.48 Å². The van der Waals surface area contributed by atoms with Crippen molar-refractivity contribution in [3.8, 4) is 0 Å². The van der Waals surface area contributed by atoms with E-state index in [-0.39, 0.29) is 154 Å². The van der Waals surface area contributed by atoms with Crippen LogP contribution >= 0.6 is 0 Å². The van der Waals surface area contributed by atoms with Crippen LogP contribution in [0.5, 0.6) is 0 Å². The molecule has 0 aromatic rings. The van der Waals surface area contributed by atoms with Crippen LogP contribution in [0.25, 0.3) is 0 Å². The van der Waals surface area contributed by atoms with Gasteiger partial charge in [-0.1, -0.05) is 13.3 Å². The Kier molecular flexibility index (Phi) is 24.7. The molecule has 0 saturated carbocycles. The molecule has 1 rings (SSSR count). The van der Waals surface area contributed by atoms with Gasteiger partial charge in [-0.05, 0) is 6.42 Å². The van der Waals surface area contributed by atoms with Gasteiger partial charge in [-0.2, -0.15) is 0 Å². The van der Waals surface area contributed by atoms with Crippen LogP contribution in [0.1, 0.15) is 19.8 Å². The molecule has 5 heteroatoms. The van der Waals surface area contributed by atoms with E-state index in [0.29, 0.717) is 0 Å². The van der Waals surface area contributed by atoms with E-state index in [9.17, 15) is 0 Å². The van der Waals surface area contributed by atoms with Crippen molar-refractivity contribution >= 4 is 154 Å². The van der Waals surface area contributed by atoms with Crippen LogP contribution in [0.4, 0.5) is 0 Å². The Hall–Kier alpha value is 4.25. The first-order valence-corrected chi connectivity index (χ1v) is 3.95. The Labute approximate surface area is 210 Å². The fourth-order valence-corrected chi connectivity index (χ4v) is 1.10. The van der Waals surface area contributed by atoms with Crippen molar-refractivity contribution < 1.29 is 0 Å². The summed E-state index contributed by atoms with van der Waals surface area (Å²) >= 11 is 0.